The molecule has 1 amide bonds. The summed E-state index contributed by atoms with van der Waals surface area (Å²) in [6.45, 7) is 2.04. The van der Waals surface area contributed by atoms with Crippen molar-refractivity contribution in [1.29, 1.82) is 0 Å². The molecule has 0 spiro atoms. The van der Waals surface area contributed by atoms with E-state index in [0.717, 1.165) is 27.8 Å². The van der Waals surface area contributed by atoms with E-state index in [1.807, 2.05) is 55.5 Å². The number of carbonyl (C=O) groups is 1. The molecular weight excluding hydrogens is 286 g/mol. The fourth-order valence-electron chi connectivity index (χ4n) is 2.79. The van der Waals surface area contributed by atoms with Crippen molar-refractivity contribution in [2.24, 2.45) is 0 Å². The van der Waals surface area contributed by atoms with Crippen LogP contribution in [0, 0.1) is 6.92 Å². The normalized spacial score (nSPS) is 14.8. The standard InChI is InChI=1S/C19H15N3O/c1-12-4-6-13(7-5-12)21-11-15-18-14-3-2-10-20-16(14)8-9-17(18)22-19(15)23/h2-11,21H,1H3,(H,22,23)/b15-11-. The first-order chi connectivity index (χ1) is 11.2. The van der Waals surface area contributed by atoms with E-state index in [0.29, 0.717) is 5.57 Å². The number of nitrogens with one attached hydrogen (secondary N) is 2. The minimum atomic E-state index is -0.101. The van der Waals surface area contributed by atoms with Crippen LogP contribution in [0.1, 0.15) is 11.1 Å². The first-order valence-electron chi connectivity index (χ1n) is 7.45. The molecule has 1 aromatic heterocycles. The highest BCUT2D eigenvalue weighted by Gasteiger charge is 2.26. The van der Waals surface area contributed by atoms with E-state index in [-0.39, 0.29) is 5.91 Å². The SMILES string of the molecule is Cc1ccc(N/C=C2\C(=O)Nc3ccc4ncccc4c32)cc1. The van der Waals surface area contributed by atoms with Crippen molar-refractivity contribution in [3.8, 4) is 0 Å². The van der Waals surface area contributed by atoms with E-state index in [1.54, 1.807) is 12.4 Å². The largest absolute Gasteiger partial charge is 0.361 e. The third kappa shape index (κ3) is 2.34. The van der Waals surface area contributed by atoms with Crippen molar-refractivity contribution < 1.29 is 4.79 Å². The van der Waals surface area contributed by atoms with Crippen LogP contribution in [-0.2, 0) is 4.79 Å². The van der Waals surface area contributed by atoms with Crippen molar-refractivity contribution in [1.82, 2.24) is 4.98 Å². The van der Waals surface area contributed by atoms with Crippen molar-refractivity contribution >= 4 is 33.8 Å². The number of aryl methyl sites for hydroxylation is 1. The predicted octanol–water partition coefficient (Wildman–Crippen LogP) is 3.95. The molecule has 0 fully saturated rings. The number of benzene rings is 2. The van der Waals surface area contributed by atoms with Gasteiger partial charge in [0.05, 0.1) is 11.1 Å². The summed E-state index contributed by atoms with van der Waals surface area (Å²) in [5.74, 6) is -0.101. The summed E-state index contributed by atoms with van der Waals surface area (Å²) in [6.07, 6.45) is 3.52. The van der Waals surface area contributed by atoms with E-state index < -0.39 is 0 Å². The summed E-state index contributed by atoms with van der Waals surface area (Å²) < 4.78 is 0. The molecule has 1 aliphatic heterocycles. The molecule has 0 atom stereocenters. The zero-order chi connectivity index (χ0) is 15.8. The fourth-order valence-corrected chi connectivity index (χ4v) is 2.79. The molecule has 0 saturated carbocycles. The van der Waals surface area contributed by atoms with E-state index in [1.165, 1.54) is 5.56 Å². The summed E-state index contributed by atoms with van der Waals surface area (Å²) >= 11 is 0. The van der Waals surface area contributed by atoms with Gasteiger partial charge in [-0.25, -0.2) is 0 Å². The predicted molar refractivity (Wildman–Crippen MR) is 93.2 cm³/mol. The van der Waals surface area contributed by atoms with Gasteiger partial charge in [-0.2, -0.15) is 0 Å². The summed E-state index contributed by atoms with van der Waals surface area (Å²) in [4.78, 5) is 16.7. The van der Waals surface area contributed by atoms with Crippen molar-refractivity contribution in [2.45, 2.75) is 6.92 Å². The highest BCUT2D eigenvalue weighted by molar-refractivity contribution is 6.34. The fraction of sp³-hybridized carbons (Fsp3) is 0.0526. The Hall–Kier alpha value is -3.14. The highest BCUT2D eigenvalue weighted by Crippen LogP contribution is 2.36. The molecule has 4 heteroatoms. The minimum absolute atomic E-state index is 0.101. The van der Waals surface area contributed by atoms with Gasteiger partial charge in [0.2, 0.25) is 0 Å². The number of anilines is 2. The molecular formula is C19H15N3O. The number of amides is 1. The van der Waals surface area contributed by atoms with Crippen LogP contribution in [0.25, 0.3) is 16.5 Å². The van der Waals surface area contributed by atoms with Gasteiger partial charge in [0, 0.05) is 34.7 Å². The van der Waals surface area contributed by atoms with Crippen molar-refractivity contribution in [2.75, 3.05) is 10.6 Å². The number of hydrogen-bond acceptors (Lipinski definition) is 3. The Morgan fingerprint density at radius 1 is 1.09 bits per heavy atom. The number of hydrogen-bond donors (Lipinski definition) is 2. The molecule has 2 heterocycles. The van der Waals surface area contributed by atoms with Gasteiger partial charge in [-0.1, -0.05) is 23.8 Å². The number of aromatic nitrogens is 1. The molecule has 2 aromatic carbocycles. The smallest absolute Gasteiger partial charge is 0.257 e. The number of fused-ring (bicyclic) bond motifs is 3. The summed E-state index contributed by atoms with van der Waals surface area (Å²) in [7, 11) is 0. The second kappa shape index (κ2) is 5.25. The van der Waals surface area contributed by atoms with Gasteiger partial charge in [-0.05, 0) is 37.3 Å². The van der Waals surface area contributed by atoms with Gasteiger partial charge >= 0.3 is 0 Å². The van der Waals surface area contributed by atoms with Gasteiger partial charge in [0.25, 0.3) is 5.91 Å². The highest BCUT2D eigenvalue weighted by atomic mass is 16.2. The topological polar surface area (TPSA) is 54.0 Å². The third-order valence-corrected chi connectivity index (χ3v) is 3.98. The molecule has 0 radical (unpaired) electrons. The molecule has 1 aliphatic rings. The van der Waals surface area contributed by atoms with Crippen LogP contribution in [-0.4, -0.2) is 10.9 Å². The maximum atomic E-state index is 12.3. The lowest BCUT2D eigenvalue weighted by Gasteiger charge is -2.05. The van der Waals surface area contributed by atoms with E-state index >= 15 is 0 Å². The van der Waals surface area contributed by atoms with Crippen LogP contribution in [0.3, 0.4) is 0 Å². The van der Waals surface area contributed by atoms with E-state index in [2.05, 4.69) is 15.6 Å². The van der Waals surface area contributed by atoms with E-state index in [4.69, 9.17) is 0 Å². The van der Waals surface area contributed by atoms with Crippen LogP contribution >= 0.6 is 0 Å². The van der Waals surface area contributed by atoms with Gasteiger partial charge in [-0.15, -0.1) is 0 Å². The first kappa shape index (κ1) is 13.5. The zero-order valence-corrected chi connectivity index (χ0v) is 12.6. The maximum Gasteiger partial charge on any atom is 0.257 e. The molecule has 23 heavy (non-hydrogen) atoms. The number of pyridine rings is 1. The molecule has 0 saturated heterocycles. The van der Waals surface area contributed by atoms with Gasteiger partial charge < -0.3 is 10.6 Å². The van der Waals surface area contributed by atoms with Crippen LogP contribution in [0.4, 0.5) is 11.4 Å². The lowest BCUT2D eigenvalue weighted by Crippen LogP contribution is -2.05. The molecule has 4 rings (SSSR count). The Morgan fingerprint density at radius 3 is 2.74 bits per heavy atom. The quantitative estimate of drug-likeness (QED) is 0.705. The molecule has 4 nitrogen and oxygen atoms in total. The molecule has 112 valence electrons. The molecule has 0 unspecified atom stereocenters. The van der Waals surface area contributed by atoms with Gasteiger partial charge in [-0.3, -0.25) is 9.78 Å². The Labute approximate surface area is 133 Å². The lowest BCUT2D eigenvalue weighted by atomic mass is 10.0. The molecule has 0 bridgehead atoms. The Balaban J connectivity index is 1.79. The van der Waals surface area contributed by atoms with Gasteiger partial charge in [0.15, 0.2) is 0 Å². The maximum absolute atomic E-state index is 12.3. The number of carbonyl (C=O) groups excluding carboxylic acids is 1. The van der Waals surface area contributed by atoms with Crippen molar-refractivity contribution in [3.63, 3.8) is 0 Å². The molecule has 3 aromatic rings. The Morgan fingerprint density at radius 2 is 1.91 bits per heavy atom. The number of rotatable bonds is 2. The van der Waals surface area contributed by atoms with Crippen LogP contribution < -0.4 is 10.6 Å². The summed E-state index contributed by atoms with van der Waals surface area (Å²) in [6, 6.07) is 15.7. The Bertz CT molecular complexity index is 942. The van der Waals surface area contributed by atoms with Crippen molar-refractivity contribution in [3.05, 3.63) is 72.1 Å². The van der Waals surface area contributed by atoms with Crippen LogP contribution in [0.15, 0.2) is 60.9 Å². The molecule has 0 aliphatic carbocycles. The summed E-state index contributed by atoms with van der Waals surface area (Å²) in [5, 5.41) is 7.09. The molecule has 2 N–H and O–H groups in total. The van der Waals surface area contributed by atoms with E-state index in [9.17, 15) is 4.79 Å². The average Bonchev–Trinajstić information content (AvgIpc) is 2.90. The van der Waals surface area contributed by atoms with Crippen LogP contribution in [0.5, 0.6) is 0 Å². The van der Waals surface area contributed by atoms with Gasteiger partial charge in [0.1, 0.15) is 0 Å². The average molecular weight is 301 g/mol. The number of nitrogens with zero attached hydrogens (tertiary/aromatic N) is 1. The lowest BCUT2D eigenvalue weighted by molar-refractivity contribution is -0.110. The first-order valence-corrected chi connectivity index (χ1v) is 7.45. The zero-order valence-electron chi connectivity index (χ0n) is 12.6. The Kier molecular flexibility index (Phi) is 3.08. The van der Waals surface area contributed by atoms with Crippen LogP contribution in [0.2, 0.25) is 0 Å². The third-order valence-electron chi connectivity index (χ3n) is 3.98. The summed E-state index contributed by atoms with van der Waals surface area (Å²) in [5.41, 5.74) is 5.38. The second-order valence-corrected chi connectivity index (χ2v) is 5.58. The second-order valence-electron chi connectivity index (χ2n) is 5.58. The monoisotopic (exact) mass is 301 g/mol. The minimum Gasteiger partial charge on any atom is -0.361 e.